The first kappa shape index (κ1) is 18.3. The lowest BCUT2D eigenvalue weighted by Gasteiger charge is -2.14. The monoisotopic (exact) mass is 322 g/mol. The molecule has 8 nitrogen and oxygen atoms in total. The number of esters is 1. The van der Waals surface area contributed by atoms with Gasteiger partial charge in [-0.15, -0.1) is 0 Å². The molecule has 0 aliphatic carbocycles. The maximum atomic E-state index is 11.8. The first-order valence-corrected chi connectivity index (χ1v) is 6.84. The summed E-state index contributed by atoms with van der Waals surface area (Å²) >= 11 is 0. The van der Waals surface area contributed by atoms with E-state index in [9.17, 15) is 19.2 Å². The summed E-state index contributed by atoms with van der Waals surface area (Å²) in [7, 11) is 0. The van der Waals surface area contributed by atoms with Gasteiger partial charge in [0.15, 0.2) is 12.4 Å². The van der Waals surface area contributed by atoms with Gasteiger partial charge in [-0.3, -0.25) is 19.2 Å². The average molecular weight is 322 g/mol. The van der Waals surface area contributed by atoms with E-state index in [2.05, 4.69) is 5.32 Å². The summed E-state index contributed by atoms with van der Waals surface area (Å²) < 4.78 is 4.78. The van der Waals surface area contributed by atoms with Gasteiger partial charge in [0.05, 0.1) is 6.42 Å². The molecule has 0 spiro atoms. The van der Waals surface area contributed by atoms with E-state index in [1.54, 1.807) is 24.3 Å². The number of amides is 1. The molecule has 0 aromatic heterocycles. The van der Waals surface area contributed by atoms with Gasteiger partial charge in [-0.05, 0) is 12.0 Å². The molecule has 124 valence electrons. The van der Waals surface area contributed by atoms with E-state index < -0.39 is 42.8 Å². The minimum atomic E-state index is -1.26. The van der Waals surface area contributed by atoms with E-state index in [0.29, 0.717) is 0 Å². The second-order valence-corrected chi connectivity index (χ2v) is 4.81. The molecule has 1 aromatic rings. The Balaban J connectivity index is 2.48. The van der Waals surface area contributed by atoms with Crippen LogP contribution in [0.3, 0.4) is 0 Å². The molecular formula is C15H18N2O6. The van der Waals surface area contributed by atoms with Crippen LogP contribution < -0.4 is 11.1 Å². The van der Waals surface area contributed by atoms with Crippen LogP contribution in [-0.2, 0) is 30.3 Å². The normalized spacial score (nSPS) is 12.7. The van der Waals surface area contributed by atoms with Gasteiger partial charge in [-0.2, -0.15) is 0 Å². The Bertz CT molecular complexity index is 560. The van der Waals surface area contributed by atoms with Crippen LogP contribution in [0, 0.1) is 0 Å². The number of aliphatic carboxylic acids is 1. The predicted octanol–water partition coefficient (Wildman–Crippen LogP) is -0.742. The summed E-state index contributed by atoms with van der Waals surface area (Å²) in [6, 6.07) is 6.85. The number of benzene rings is 1. The maximum absolute atomic E-state index is 11.8. The van der Waals surface area contributed by atoms with Crippen LogP contribution in [0.4, 0.5) is 0 Å². The van der Waals surface area contributed by atoms with Crippen LogP contribution in [-0.4, -0.2) is 47.9 Å². The first-order chi connectivity index (χ1) is 10.9. The van der Waals surface area contributed by atoms with E-state index >= 15 is 0 Å². The Hall–Kier alpha value is -2.74. The van der Waals surface area contributed by atoms with Crippen molar-refractivity contribution in [3.05, 3.63) is 35.9 Å². The molecule has 1 amide bonds. The molecule has 0 heterocycles. The van der Waals surface area contributed by atoms with Gasteiger partial charge in [0.1, 0.15) is 12.1 Å². The van der Waals surface area contributed by atoms with E-state index in [1.807, 2.05) is 6.07 Å². The average Bonchev–Trinajstić information content (AvgIpc) is 2.52. The summed E-state index contributed by atoms with van der Waals surface area (Å²) in [6.07, 6.45) is -0.126. The van der Waals surface area contributed by atoms with Crippen molar-refractivity contribution < 1.29 is 29.0 Å². The highest BCUT2D eigenvalue weighted by atomic mass is 16.5. The third-order valence-electron chi connectivity index (χ3n) is 2.99. The molecule has 0 unspecified atom stereocenters. The standard InChI is InChI=1S/C15H18N2O6/c16-11(6-10-4-2-1-3-5-10)15(22)23-8-13(19)12(17-9-18)7-14(20)21/h1-5,9,11-12H,6-8,16H2,(H,17,18)(H,20,21)/t11-,12-/m0/s1. The molecule has 0 saturated heterocycles. The highest BCUT2D eigenvalue weighted by molar-refractivity contribution is 5.91. The van der Waals surface area contributed by atoms with E-state index in [0.717, 1.165) is 5.56 Å². The van der Waals surface area contributed by atoms with Crippen LogP contribution in [0.2, 0.25) is 0 Å². The molecule has 0 radical (unpaired) electrons. The quantitative estimate of drug-likeness (QED) is 0.381. The highest BCUT2D eigenvalue weighted by Crippen LogP contribution is 2.03. The predicted molar refractivity (Wildman–Crippen MR) is 79.3 cm³/mol. The summed E-state index contributed by atoms with van der Waals surface area (Å²) in [6.45, 7) is -0.653. The zero-order chi connectivity index (χ0) is 17.2. The molecule has 0 aliphatic heterocycles. The molecule has 2 atom stereocenters. The van der Waals surface area contributed by atoms with E-state index in [4.69, 9.17) is 15.6 Å². The third-order valence-corrected chi connectivity index (χ3v) is 2.99. The molecule has 0 fully saturated rings. The third kappa shape index (κ3) is 6.70. The van der Waals surface area contributed by atoms with Crippen LogP contribution >= 0.6 is 0 Å². The maximum Gasteiger partial charge on any atom is 0.323 e. The van der Waals surface area contributed by atoms with Crippen molar-refractivity contribution in [1.29, 1.82) is 0 Å². The number of nitrogens with two attached hydrogens (primary N) is 1. The number of nitrogens with one attached hydrogen (secondary N) is 1. The minimum Gasteiger partial charge on any atom is -0.481 e. The zero-order valence-electron chi connectivity index (χ0n) is 12.3. The highest BCUT2D eigenvalue weighted by Gasteiger charge is 2.23. The fraction of sp³-hybridized carbons (Fsp3) is 0.333. The van der Waals surface area contributed by atoms with Crippen molar-refractivity contribution in [3.63, 3.8) is 0 Å². The van der Waals surface area contributed by atoms with Crippen LogP contribution in [0.5, 0.6) is 0 Å². The topological polar surface area (TPSA) is 136 Å². The molecule has 8 heteroatoms. The van der Waals surface area contributed by atoms with Gasteiger partial charge in [-0.25, -0.2) is 0 Å². The molecule has 0 saturated carbocycles. The second-order valence-electron chi connectivity index (χ2n) is 4.81. The van der Waals surface area contributed by atoms with Gasteiger partial charge in [-0.1, -0.05) is 30.3 Å². The van der Waals surface area contributed by atoms with Crippen LogP contribution in [0.15, 0.2) is 30.3 Å². The van der Waals surface area contributed by atoms with Gasteiger partial charge >= 0.3 is 11.9 Å². The lowest BCUT2D eigenvalue weighted by molar-refractivity contribution is -0.150. The molecule has 1 aromatic carbocycles. The van der Waals surface area contributed by atoms with E-state index in [-0.39, 0.29) is 12.8 Å². The summed E-state index contributed by atoms with van der Waals surface area (Å²) in [5.41, 5.74) is 6.54. The lowest BCUT2D eigenvalue weighted by Crippen LogP contribution is -2.42. The second kappa shape index (κ2) is 9.31. The Morgan fingerprint density at radius 2 is 1.91 bits per heavy atom. The Labute approximate surface area is 132 Å². The molecule has 0 aliphatic rings. The number of rotatable bonds is 10. The van der Waals surface area contributed by atoms with Crippen molar-refractivity contribution in [2.45, 2.75) is 24.9 Å². The number of ether oxygens (including phenoxy) is 1. The van der Waals surface area contributed by atoms with Crippen LogP contribution in [0.25, 0.3) is 0 Å². The Kier molecular flexibility index (Phi) is 7.41. The number of hydrogen-bond donors (Lipinski definition) is 3. The number of hydrogen-bond acceptors (Lipinski definition) is 6. The number of carboxylic acids is 1. The summed E-state index contributed by atoms with van der Waals surface area (Å²) in [4.78, 5) is 44.5. The molecule has 23 heavy (non-hydrogen) atoms. The van der Waals surface area contributed by atoms with Crippen molar-refractivity contribution in [2.75, 3.05) is 6.61 Å². The van der Waals surface area contributed by atoms with Gasteiger partial charge in [0.25, 0.3) is 0 Å². The Morgan fingerprint density at radius 1 is 1.26 bits per heavy atom. The first-order valence-electron chi connectivity index (χ1n) is 6.84. The Morgan fingerprint density at radius 3 is 2.48 bits per heavy atom. The number of Topliss-reactive ketones (excluding diaryl/α,β-unsaturated/α-hetero) is 1. The van der Waals surface area contributed by atoms with Crippen molar-refractivity contribution in [1.82, 2.24) is 5.32 Å². The summed E-state index contributed by atoms with van der Waals surface area (Å²) in [5.74, 6) is -2.76. The molecule has 1 rings (SSSR count). The van der Waals surface area contributed by atoms with Gasteiger partial charge in [0, 0.05) is 0 Å². The van der Waals surface area contributed by atoms with Gasteiger partial charge < -0.3 is 20.9 Å². The number of carbonyl (C=O) groups is 4. The van der Waals surface area contributed by atoms with Crippen LogP contribution in [0.1, 0.15) is 12.0 Å². The SMILES string of the molecule is N[C@@H](Cc1ccccc1)C(=O)OCC(=O)[C@H](CC(=O)O)NC=O. The van der Waals surface area contributed by atoms with Gasteiger partial charge in [0.2, 0.25) is 6.41 Å². The van der Waals surface area contributed by atoms with Crippen molar-refractivity contribution >= 4 is 24.1 Å². The smallest absolute Gasteiger partial charge is 0.323 e. The van der Waals surface area contributed by atoms with Crippen molar-refractivity contribution in [2.24, 2.45) is 5.73 Å². The fourth-order valence-corrected chi connectivity index (χ4v) is 1.82. The number of carboxylic acid groups (broad SMARTS) is 1. The largest absolute Gasteiger partial charge is 0.481 e. The zero-order valence-corrected chi connectivity index (χ0v) is 12.3. The molecule has 0 bridgehead atoms. The summed E-state index contributed by atoms with van der Waals surface area (Å²) in [5, 5.41) is 10.7. The fourth-order valence-electron chi connectivity index (χ4n) is 1.82. The lowest BCUT2D eigenvalue weighted by atomic mass is 10.1. The number of carbonyl (C=O) groups excluding carboxylic acids is 3. The molecule has 4 N–H and O–H groups in total. The van der Waals surface area contributed by atoms with E-state index in [1.165, 1.54) is 0 Å². The molecular weight excluding hydrogens is 304 g/mol. The number of ketones is 1. The minimum absolute atomic E-state index is 0.217. The van der Waals surface area contributed by atoms with Crippen molar-refractivity contribution in [3.8, 4) is 0 Å².